The molecule has 6 rings (SSSR count). The van der Waals surface area contributed by atoms with Gasteiger partial charge in [0.2, 0.25) is 5.88 Å². The number of aromatic nitrogens is 3. The van der Waals surface area contributed by atoms with Crippen LogP contribution in [0, 0.1) is 5.92 Å². The van der Waals surface area contributed by atoms with Gasteiger partial charge in [-0.05, 0) is 37.6 Å². The van der Waals surface area contributed by atoms with Gasteiger partial charge < -0.3 is 24.1 Å². The van der Waals surface area contributed by atoms with Crippen molar-refractivity contribution in [2.75, 3.05) is 40.5 Å². The molecule has 1 fully saturated rings. The van der Waals surface area contributed by atoms with Crippen LogP contribution in [0.2, 0.25) is 0 Å². The van der Waals surface area contributed by atoms with Gasteiger partial charge in [-0.2, -0.15) is 0 Å². The molecule has 2 atom stereocenters. The van der Waals surface area contributed by atoms with Crippen molar-refractivity contribution in [2.24, 2.45) is 5.92 Å². The third-order valence-corrected chi connectivity index (χ3v) is 8.44. The molecule has 1 saturated heterocycles. The minimum Gasteiger partial charge on any atom is -0.496 e. The number of pyridine rings is 1. The van der Waals surface area contributed by atoms with E-state index in [9.17, 15) is 9.59 Å². The lowest BCUT2D eigenvalue weighted by atomic mass is 9.86. The number of methoxy groups -OCH3 is 2. The number of nitrogens with zero attached hydrogens (tertiary/aromatic N) is 3. The molecule has 0 bridgehead atoms. The number of aromatic amines is 1. The number of likely N-dealkylation sites (tertiary alicyclic amines) is 1. The summed E-state index contributed by atoms with van der Waals surface area (Å²) in [6.45, 7) is 3.97. The molecular formula is C26H28N4O5S. The largest absolute Gasteiger partial charge is 0.496 e. The van der Waals surface area contributed by atoms with Crippen LogP contribution in [0.5, 0.6) is 17.4 Å². The van der Waals surface area contributed by atoms with E-state index in [2.05, 4.69) is 14.9 Å². The Hall–Kier alpha value is -3.37. The van der Waals surface area contributed by atoms with Crippen LogP contribution in [0.15, 0.2) is 39.9 Å². The summed E-state index contributed by atoms with van der Waals surface area (Å²) in [5.74, 6) is 3.15. The Kier molecular flexibility index (Phi) is 5.93. The lowest BCUT2D eigenvalue weighted by molar-refractivity contribution is 0.209. The number of thiophene rings is 1. The summed E-state index contributed by atoms with van der Waals surface area (Å²) in [5, 5.41) is 0.759. The van der Waals surface area contributed by atoms with Crippen LogP contribution in [0.25, 0.3) is 20.4 Å². The first kappa shape index (κ1) is 23.1. The Morgan fingerprint density at radius 1 is 1.11 bits per heavy atom. The second-order valence-electron chi connectivity index (χ2n) is 9.42. The van der Waals surface area contributed by atoms with Crippen LogP contribution in [0.3, 0.4) is 0 Å². The summed E-state index contributed by atoms with van der Waals surface area (Å²) in [7, 11) is 3.26. The fourth-order valence-electron chi connectivity index (χ4n) is 5.58. The van der Waals surface area contributed by atoms with E-state index in [-0.39, 0.29) is 11.2 Å². The van der Waals surface area contributed by atoms with E-state index in [1.54, 1.807) is 20.3 Å². The van der Waals surface area contributed by atoms with Crippen molar-refractivity contribution < 1.29 is 14.2 Å². The molecule has 0 unspecified atom stereocenters. The normalized spacial score (nSPS) is 19.3. The van der Waals surface area contributed by atoms with Crippen LogP contribution in [0.1, 0.15) is 24.3 Å². The van der Waals surface area contributed by atoms with Crippen molar-refractivity contribution in [1.82, 2.24) is 19.4 Å². The van der Waals surface area contributed by atoms with Gasteiger partial charge in [-0.3, -0.25) is 9.36 Å². The molecule has 2 aliphatic heterocycles. The minimum atomic E-state index is -0.379. The zero-order chi connectivity index (χ0) is 24.8. The molecule has 10 heteroatoms. The first-order valence-corrected chi connectivity index (χ1v) is 13.0. The van der Waals surface area contributed by atoms with Crippen LogP contribution in [-0.2, 0) is 6.54 Å². The molecule has 0 amide bonds. The summed E-state index contributed by atoms with van der Waals surface area (Å²) in [6.07, 6.45) is 1.64. The Bertz CT molecular complexity index is 1540. The second kappa shape index (κ2) is 9.25. The van der Waals surface area contributed by atoms with E-state index >= 15 is 0 Å². The van der Waals surface area contributed by atoms with E-state index in [1.165, 1.54) is 21.5 Å². The topological polar surface area (TPSA) is 98.7 Å². The average Bonchev–Trinajstić information content (AvgIpc) is 3.48. The van der Waals surface area contributed by atoms with Crippen molar-refractivity contribution in [2.45, 2.75) is 25.3 Å². The van der Waals surface area contributed by atoms with Gasteiger partial charge in [0.05, 0.1) is 26.3 Å². The number of ether oxygens (including phenoxy) is 3. The van der Waals surface area contributed by atoms with Crippen molar-refractivity contribution in [3.63, 3.8) is 0 Å². The molecule has 3 aromatic heterocycles. The molecule has 0 saturated carbocycles. The van der Waals surface area contributed by atoms with Crippen LogP contribution >= 0.6 is 11.3 Å². The third kappa shape index (κ3) is 3.84. The Balaban J connectivity index is 1.13. The van der Waals surface area contributed by atoms with Crippen molar-refractivity contribution >= 4 is 31.8 Å². The molecular weight excluding hydrogens is 480 g/mol. The number of unbranched alkanes of at least 4 members (excludes halogenated alkanes) is 1. The summed E-state index contributed by atoms with van der Waals surface area (Å²) >= 11 is 1.28. The molecule has 5 heterocycles. The number of hydrogen-bond donors (Lipinski definition) is 1. The number of H-pyrrole nitrogens is 1. The van der Waals surface area contributed by atoms with E-state index in [1.807, 2.05) is 24.3 Å². The lowest BCUT2D eigenvalue weighted by Gasteiger charge is -2.29. The number of nitrogens with one attached hydrogen (secondary N) is 1. The quantitative estimate of drug-likeness (QED) is 0.383. The summed E-state index contributed by atoms with van der Waals surface area (Å²) < 4.78 is 18.6. The number of benzene rings is 1. The van der Waals surface area contributed by atoms with Gasteiger partial charge in [-0.15, -0.1) is 11.3 Å². The second-order valence-corrected chi connectivity index (χ2v) is 10.4. The van der Waals surface area contributed by atoms with Crippen LogP contribution in [0.4, 0.5) is 0 Å². The van der Waals surface area contributed by atoms with Crippen LogP contribution < -0.4 is 25.5 Å². The van der Waals surface area contributed by atoms with Crippen molar-refractivity contribution in [3.05, 3.63) is 56.7 Å². The number of fused-ring (bicyclic) bond motifs is 6. The van der Waals surface area contributed by atoms with Gasteiger partial charge in [-0.25, -0.2) is 9.78 Å². The molecule has 4 aromatic rings. The highest BCUT2D eigenvalue weighted by Gasteiger charge is 2.40. The summed E-state index contributed by atoms with van der Waals surface area (Å²) in [5.41, 5.74) is 1.09. The Morgan fingerprint density at radius 3 is 2.81 bits per heavy atom. The maximum absolute atomic E-state index is 13.1. The van der Waals surface area contributed by atoms with Crippen LogP contribution in [-0.4, -0.2) is 59.9 Å². The highest BCUT2D eigenvalue weighted by Crippen LogP contribution is 2.46. The van der Waals surface area contributed by atoms with E-state index in [0.29, 0.717) is 39.3 Å². The maximum atomic E-state index is 13.1. The van der Waals surface area contributed by atoms with Gasteiger partial charge >= 0.3 is 5.69 Å². The molecule has 2 aliphatic rings. The summed E-state index contributed by atoms with van der Waals surface area (Å²) in [6, 6.07) is 9.55. The molecule has 0 radical (unpaired) electrons. The molecule has 36 heavy (non-hydrogen) atoms. The highest BCUT2D eigenvalue weighted by atomic mass is 32.1. The zero-order valence-electron chi connectivity index (χ0n) is 20.3. The monoisotopic (exact) mass is 508 g/mol. The first-order chi connectivity index (χ1) is 17.6. The molecule has 9 nitrogen and oxygen atoms in total. The van der Waals surface area contributed by atoms with Gasteiger partial charge in [0.15, 0.2) is 0 Å². The smallest absolute Gasteiger partial charge is 0.328 e. The Morgan fingerprint density at radius 2 is 1.97 bits per heavy atom. The predicted molar refractivity (Wildman–Crippen MR) is 139 cm³/mol. The van der Waals surface area contributed by atoms with E-state index < -0.39 is 0 Å². The Labute approximate surface area is 211 Å². The standard InChI is InChI=1S/C26H28N4O5S/c1-33-18-6-5-7-19-21(18)17-13-29(12-15(17)14-35-19)10-3-4-11-30-25(31)23-22(28-26(30)32)16-8-9-20(34-2)27-24(16)36-23/h5-9,15,17H,3-4,10-14H2,1-2H3,(H,28,32)/t15-,17+/m0/s1. The molecule has 0 spiro atoms. The van der Waals surface area contributed by atoms with Gasteiger partial charge in [0.1, 0.15) is 21.0 Å². The van der Waals surface area contributed by atoms with E-state index in [4.69, 9.17) is 14.2 Å². The highest BCUT2D eigenvalue weighted by molar-refractivity contribution is 7.25. The van der Waals surface area contributed by atoms with Gasteiger partial charge in [-0.1, -0.05) is 6.07 Å². The van der Waals surface area contributed by atoms with Crippen molar-refractivity contribution in [3.8, 4) is 17.4 Å². The van der Waals surface area contributed by atoms with Gasteiger partial charge in [0, 0.05) is 48.5 Å². The number of rotatable bonds is 7. The number of hydrogen-bond acceptors (Lipinski definition) is 8. The predicted octanol–water partition coefficient (Wildman–Crippen LogP) is 3.20. The zero-order valence-corrected chi connectivity index (χ0v) is 21.1. The fraction of sp³-hybridized carbons (Fsp3) is 0.423. The SMILES string of the molecule is COc1ccc2c(n1)sc1c(=O)n(CCCCN3C[C@H]4COc5cccc(OC)c5[C@@H]4C3)c(=O)[nH]c12. The third-order valence-electron chi connectivity index (χ3n) is 7.35. The minimum absolute atomic E-state index is 0.260. The average molecular weight is 509 g/mol. The lowest BCUT2D eigenvalue weighted by Crippen LogP contribution is -2.34. The van der Waals surface area contributed by atoms with Gasteiger partial charge in [0.25, 0.3) is 5.56 Å². The molecule has 188 valence electrons. The fourth-order valence-corrected chi connectivity index (χ4v) is 6.65. The molecule has 1 N–H and O–H groups in total. The molecule has 1 aromatic carbocycles. The van der Waals surface area contributed by atoms with E-state index in [0.717, 1.165) is 56.0 Å². The first-order valence-electron chi connectivity index (χ1n) is 12.2. The molecule has 0 aliphatic carbocycles. The maximum Gasteiger partial charge on any atom is 0.328 e. The summed E-state index contributed by atoms with van der Waals surface area (Å²) in [4.78, 5) is 36.3. The van der Waals surface area contributed by atoms with Crippen molar-refractivity contribution in [1.29, 1.82) is 0 Å².